The van der Waals surface area contributed by atoms with E-state index in [2.05, 4.69) is 10.1 Å². The summed E-state index contributed by atoms with van der Waals surface area (Å²) in [6.45, 7) is -0.110. The molecule has 0 spiro atoms. The number of aromatic nitrogens is 2. The van der Waals surface area contributed by atoms with E-state index in [1.54, 1.807) is 31.4 Å². The van der Waals surface area contributed by atoms with Crippen LogP contribution in [0.4, 0.5) is 13.2 Å². The summed E-state index contributed by atoms with van der Waals surface area (Å²) < 4.78 is 53.5. The molecule has 0 N–H and O–H groups in total. The average molecular weight is 350 g/mol. The van der Waals surface area contributed by atoms with Crippen molar-refractivity contribution in [3.05, 3.63) is 59.9 Å². The third-order valence-electron chi connectivity index (χ3n) is 3.33. The Balaban J connectivity index is 1.67. The smallest absolute Gasteiger partial charge is 0.416 e. The monoisotopic (exact) mass is 350 g/mol. The lowest BCUT2D eigenvalue weighted by atomic mass is 10.2. The van der Waals surface area contributed by atoms with Gasteiger partial charge in [0.2, 0.25) is 5.82 Å². The Hall–Kier alpha value is -3.03. The Bertz CT molecular complexity index is 845. The number of hydrogen-bond donors (Lipinski definition) is 0. The molecular weight excluding hydrogens is 337 g/mol. The molecule has 0 atom stereocenters. The Labute approximate surface area is 141 Å². The lowest BCUT2D eigenvalue weighted by Crippen LogP contribution is -2.05. The third-order valence-corrected chi connectivity index (χ3v) is 3.33. The fourth-order valence-electron chi connectivity index (χ4n) is 2.07. The molecule has 130 valence electrons. The number of alkyl halides is 3. The van der Waals surface area contributed by atoms with Crippen molar-refractivity contribution in [2.45, 2.75) is 12.8 Å². The van der Waals surface area contributed by atoms with Crippen LogP contribution < -0.4 is 9.47 Å². The molecule has 2 aromatic carbocycles. The van der Waals surface area contributed by atoms with Gasteiger partial charge in [0.15, 0.2) is 6.61 Å². The molecule has 0 saturated heterocycles. The number of benzene rings is 2. The molecule has 1 heterocycles. The van der Waals surface area contributed by atoms with Crippen molar-refractivity contribution in [2.24, 2.45) is 0 Å². The lowest BCUT2D eigenvalue weighted by Gasteiger charge is -2.08. The van der Waals surface area contributed by atoms with Crippen molar-refractivity contribution in [1.29, 1.82) is 0 Å². The first-order valence-corrected chi connectivity index (χ1v) is 7.23. The van der Waals surface area contributed by atoms with Gasteiger partial charge in [0.25, 0.3) is 5.89 Å². The van der Waals surface area contributed by atoms with E-state index in [1.165, 1.54) is 12.1 Å². The van der Waals surface area contributed by atoms with Crippen LogP contribution in [0.3, 0.4) is 0 Å². The maximum atomic E-state index is 12.7. The molecule has 0 aliphatic carbocycles. The minimum absolute atomic E-state index is 0.0747. The highest BCUT2D eigenvalue weighted by atomic mass is 19.4. The summed E-state index contributed by atoms with van der Waals surface area (Å²) in [5.74, 6) is 1.27. The Morgan fingerprint density at radius 1 is 1.04 bits per heavy atom. The molecule has 0 aliphatic heterocycles. The topological polar surface area (TPSA) is 57.4 Å². The molecule has 3 aromatic rings. The Kier molecular flexibility index (Phi) is 4.60. The molecule has 5 nitrogen and oxygen atoms in total. The van der Waals surface area contributed by atoms with Crippen LogP contribution in [0.2, 0.25) is 0 Å². The first-order valence-electron chi connectivity index (χ1n) is 7.23. The summed E-state index contributed by atoms with van der Waals surface area (Å²) >= 11 is 0. The highest BCUT2D eigenvalue weighted by molar-refractivity contribution is 5.54. The second-order valence-corrected chi connectivity index (χ2v) is 5.06. The van der Waals surface area contributed by atoms with E-state index in [9.17, 15) is 13.2 Å². The highest BCUT2D eigenvalue weighted by Gasteiger charge is 2.30. The normalized spacial score (nSPS) is 11.4. The zero-order valence-corrected chi connectivity index (χ0v) is 13.1. The van der Waals surface area contributed by atoms with Gasteiger partial charge in [-0.3, -0.25) is 0 Å². The SMILES string of the molecule is COc1ccc(-c2nc(COc3cccc(C(F)(F)F)c3)no2)cc1. The minimum Gasteiger partial charge on any atom is -0.497 e. The molecule has 0 unspecified atom stereocenters. The zero-order chi connectivity index (χ0) is 17.9. The van der Waals surface area contributed by atoms with E-state index in [-0.39, 0.29) is 24.1 Å². The summed E-state index contributed by atoms with van der Waals surface area (Å²) in [7, 11) is 1.56. The zero-order valence-electron chi connectivity index (χ0n) is 13.1. The molecule has 0 bridgehead atoms. The van der Waals surface area contributed by atoms with Crippen LogP contribution in [0.1, 0.15) is 11.4 Å². The van der Waals surface area contributed by atoms with E-state index in [0.717, 1.165) is 12.1 Å². The van der Waals surface area contributed by atoms with Crippen molar-refractivity contribution < 1.29 is 27.2 Å². The second kappa shape index (κ2) is 6.84. The molecule has 0 saturated carbocycles. The summed E-state index contributed by atoms with van der Waals surface area (Å²) in [6.07, 6.45) is -4.42. The molecule has 0 amide bonds. The minimum atomic E-state index is -4.42. The predicted octanol–water partition coefficient (Wildman–Crippen LogP) is 4.34. The van der Waals surface area contributed by atoms with E-state index in [4.69, 9.17) is 14.0 Å². The van der Waals surface area contributed by atoms with Gasteiger partial charge < -0.3 is 14.0 Å². The van der Waals surface area contributed by atoms with Gasteiger partial charge >= 0.3 is 6.18 Å². The number of nitrogens with zero attached hydrogens (tertiary/aromatic N) is 2. The van der Waals surface area contributed by atoms with Crippen molar-refractivity contribution in [1.82, 2.24) is 10.1 Å². The molecular formula is C17H13F3N2O3. The fraction of sp³-hybridized carbons (Fsp3) is 0.176. The number of methoxy groups -OCH3 is 1. The van der Waals surface area contributed by atoms with Gasteiger partial charge in [0, 0.05) is 5.56 Å². The van der Waals surface area contributed by atoms with E-state index in [1.807, 2.05) is 0 Å². The van der Waals surface area contributed by atoms with Gasteiger partial charge in [0.1, 0.15) is 11.5 Å². The fourth-order valence-corrected chi connectivity index (χ4v) is 2.07. The summed E-state index contributed by atoms with van der Waals surface area (Å²) in [5, 5.41) is 3.76. The lowest BCUT2D eigenvalue weighted by molar-refractivity contribution is -0.137. The molecule has 0 radical (unpaired) electrons. The standard InChI is InChI=1S/C17H13F3N2O3/c1-23-13-7-5-11(6-8-13)16-21-15(22-25-16)10-24-14-4-2-3-12(9-14)17(18,19)20/h2-9H,10H2,1H3. The van der Waals surface area contributed by atoms with Crippen LogP contribution in [0.25, 0.3) is 11.5 Å². The van der Waals surface area contributed by atoms with Gasteiger partial charge in [-0.15, -0.1) is 0 Å². The molecule has 1 aromatic heterocycles. The van der Waals surface area contributed by atoms with Crippen LogP contribution in [-0.2, 0) is 12.8 Å². The molecule has 0 aliphatic rings. The van der Waals surface area contributed by atoms with Crippen LogP contribution in [0.15, 0.2) is 53.1 Å². The summed E-state index contributed by atoms with van der Waals surface area (Å²) in [5.41, 5.74) is -0.0874. The van der Waals surface area contributed by atoms with Crippen LogP contribution in [0.5, 0.6) is 11.5 Å². The number of halogens is 3. The second-order valence-electron chi connectivity index (χ2n) is 5.06. The number of ether oxygens (including phenoxy) is 2. The molecule has 3 rings (SSSR count). The molecule has 25 heavy (non-hydrogen) atoms. The van der Waals surface area contributed by atoms with Crippen molar-refractivity contribution >= 4 is 0 Å². The number of rotatable bonds is 5. The van der Waals surface area contributed by atoms with Crippen molar-refractivity contribution in [3.63, 3.8) is 0 Å². The largest absolute Gasteiger partial charge is 0.497 e. The maximum absolute atomic E-state index is 12.7. The molecule has 0 fully saturated rings. The van der Waals surface area contributed by atoms with Crippen molar-refractivity contribution in [3.8, 4) is 23.0 Å². The third kappa shape index (κ3) is 4.09. The summed E-state index contributed by atoms with van der Waals surface area (Å²) in [4.78, 5) is 4.16. The van der Waals surface area contributed by atoms with Crippen molar-refractivity contribution in [2.75, 3.05) is 7.11 Å². The van der Waals surface area contributed by atoms with Gasteiger partial charge in [-0.1, -0.05) is 11.2 Å². The van der Waals surface area contributed by atoms with Crippen LogP contribution in [0, 0.1) is 0 Å². The predicted molar refractivity (Wildman–Crippen MR) is 82.1 cm³/mol. The summed E-state index contributed by atoms with van der Waals surface area (Å²) in [6, 6.07) is 11.6. The van der Waals surface area contributed by atoms with Gasteiger partial charge in [-0.25, -0.2) is 0 Å². The van der Waals surface area contributed by atoms with E-state index < -0.39 is 11.7 Å². The Morgan fingerprint density at radius 3 is 2.48 bits per heavy atom. The molecule has 8 heteroatoms. The van der Waals surface area contributed by atoms with Gasteiger partial charge in [-0.05, 0) is 42.5 Å². The van der Waals surface area contributed by atoms with Crippen LogP contribution in [-0.4, -0.2) is 17.3 Å². The van der Waals surface area contributed by atoms with Gasteiger partial charge in [-0.2, -0.15) is 18.2 Å². The highest BCUT2D eigenvalue weighted by Crippen LogP contribution is 2.31. The van der Waals surface area contributed by atoms with E-state index >= 15 is 0 Å². The van der Waals surface area contributed by atoms with Gasteiger partial charge in [0.05, 0.1) is 12.7 Å². The first-order chi connectivity index (χ1) is 12.0. The quantitative estimate of drug-likeness (QED) is 0.685. The van der Waals surface area contributed by atoms with Crippen LogP contribution >= 0.6 is 0 Å². The van der Waals surface area contributed by atoms with E-state index in [0.29, 0.717) is 11.3 Å². The first kappa shape index (κ1) is 16.8. The Morgan fingerprint density at radius 2 is 1.80 bits per heavy atom. The maximum Gasteiger partial charge on any atom is 0.416 e. The average Bonchev–Trinajstić information content (AvgIpc) is 3.08. The number of hydrogen-bond acceptors (Lipinski definition) is 5.